The molecule has 0 aliphatic rings. The van der Waals surface area contributed by atoms with Crippen molar-refractivity contribution in [1.82, 2.24) is 10.2 Å². The zero-order valence-corrected chi connectivity index (χ0v) is 11.7. The number of amides is 2. The fourth-order valence-electron chi connectivity index (χ4n) is 1.25. The molecule has 17 heavy (non-hydrogen) atoms. The van der Waals surface area contributed by atoms with Crippen LogP contribution in [0.4, 0.5) is 0 Å². The summed E-state index contributed by atoms with van der Waals surface area (Å²) >= 11 is 0. The smallest absolute Gasteiger partial charge is 0.236 e. The van der Waals surface area contributed by atoms with Crippen molar-refractivity contribution in [3.05, 3.63) is 0 Å². The van der Waals surface area contributed by atoms with Crippen molar-refractivity contribution in [2.75, 3.05) is 20.6 Å². The molecular weight excluding hydrogens is 242 g/mol. The Morgan fingerprint density at radius 3 is 2.41 bits per heavy atom. The average Bonchev–Trinajstić information content (AvgIpc) is 2.23. The molecule has 0 spiro atoms. The van der Waals surface area contributed by atoms with E-state index in [1.54, 1.807) is 19.0 Å². The van der Waals surface area contributed by atoms with Gasteiger partial charge in [-0.2, -0.15) is 0 Å². The highest BCUT2D eigenvalue weighted by atomic mass is 35.5. The van der Waals surface area contributed by atoms with Crippen LogP contribution in [0.2, 0.25) is 0 Å². The van der Waals surface area contributed by atoms with Gasteiger partial charge >= 0.3 is 0 Å². The lowest BCUT2D eigenvalue weighted by Crippen LogP contribution is -2.41. The van der Waals surface area contributed by atoms with E-state index in [1.807, 2.05) is 6.92 Å². The Hall–Kier alpha value is -0.810. The number of halogens is 1. The fourth-order valence-corrected chi connectivity index (χ4v) is 1.25. The summed E-state index contributed by atoms with van der Waals surface area (Å²) in [5.74, 6) is -0.0498. The van der Waals surface area contributed by atoms with Gasteiger partial charge in [-0.25, -0.2) is 0 Å². The van der Waals surface area contributed by atoms with Crippen molar-refractivity contribution in [1.29, 1.82) is 0 Å². The molecule has 1 atom stereocenters. The molecule has 2 amide bonds. The number of carbonyl (C=O) groups excluding carboxylic acids is 2. The first-order valence-electron chi connectivity index (χ1n) is 5.72. The van der Waals surface area contributed by atoms with Crippen LogP contribution in [0.1, 0.15) is 32.6 Å². The normalized spacial score (nSPS) is 11.3. The first-order valence-corrected chi connectivity index (χ1v) is 5.72. The fraction of sp³-hybridized carbons (Fsp3) is 0.818. The molecule has 0 saturated heterocycles. The summed E-state index contributed by atoms with van der Waals surface area (Å²) in [5.41, 5.74) is 5.63. The lowest BCUT2D eigenvalue weighted by molar-refractivity contribution is -0.129. The Labute approximate surface area is 110 Å². The summed E-state index contributed by atoms with van der Waals surface area (Å²) in [5, 5.41) is 2.73. The Morgan fingerprint density at radius 1 is 1.35 bits per heavy atom. The quantitative estimate of drug-likeness (QED) is 0.659. The number of nitrogens with two attached hydrogens (primary N) is 1. The molecule has 1 unspecified atom stereocenters. The standard InChI is InChI=1S/C11H23N3O2.ClH/c1-4-6-9(12)11(16)13-8-5-7-10(15)14(2)3;/h9H,4-8,12H2,1-3H3,(H,13,16);1H. The van der Waals surface area contributed by atoms with Crippen molar-refractivity contribution in [3.63, 3.8) is 0 Å². The minimum atomic E-state index is -0.422. The number of nitrogens with zero attached hydrogens (tertiary/aromatic N) is 1. The van der Waals surface area contributed by atoms with Gasteiger partial charge in [0.05, 0.1) is 6.04 Å². The van der Waals surface area contributed by atoms with Gasteiger partial charge < -0.3 is 16.0 Å². The van der Waals surface area contributed by atoms with E-state index in [4.69, 9.17) is 5.73 Å². The minimum absolute atomic E-state index is 0. The summed E-state index contributed by atoms with van der Waals surface area (Å²) in [6, 6.07) is -0.422. The zero-order valence-electron chi connectivity index (χ0n) is 10.9. The van der Waals surface area contributed by atoms with Crippen molar-refractivity contribution in [2.45, 2.75) is 38.6 Å². The van der Waals surface area contributed by atoms with Gasteiger partial charge in [0.2, 0.25) is 11.8 Å². The third-order valence-corrected chi connectivity index (χ3v) is 2.30. The van der Waals surface area contributed by atoms with Crippen LogP contribution < -0.4 is 11.1 Å². The molecule has 0 aromatic rings. The highest BCUT2D eigenvalue weighted by Crippen LogP contribution is 1.95. The van der Waals surface area contributed by atoms with Gasteiger partial charge in [0.1, 0.15) is 0 Å². The predicted octanol–water partition coefficient (Wildman–Crippen LogP) is 0.520. The molecule has 6 heteroatoms. The van der Waals surface area contributed by atoms with Gasteiger partial charge in [-0.15, -0.1) is 12.4 Å². The third-order valence-electron chi connectivity index (χ3n) is 2.30. The maximum absolute atomic E-state index is 11.4. The number of rotatable bonds is 7. The largest absolute Gasteiger partial charge is 0.355 e. The molecule has 0 bridgehead atoms. The maximum atomic E-state index is 11.4. The van der Waals surface area contributed by atoms with Gasteiger partial charge in [0, 0.05) is 27.1 Å². The van der Waals surface area contributed by atoms with E-state index in [-0.39, 0.29) is 24.2 Å². The number of nitrogens with one attached hydrogen (secondary N) is 1. The highest BCUT2D eigenvalue weighted by Gasteiger charge is 2.11. The Bertz CT molecular complexity index is 235. The summed E-state index contributed by atoms with van der Waals surface area (Å²) in [6.07, 6.45) is 2.70. The molecule has 0 aliphatic carbocycles. The molecule has 0 aromatic carbocycles. The van der Waals surface area contributed by atoms with E-state index in [0.717, 1.165) is 6.42 Å². The van der Waals surface area contributed by atoms with E-state index >= 15 is 0 Å². The zero-order chi connectivity index (χ0) is 12.6. The molecule has 5 nitrogen and oxygen atoms in total. The summed E-state index contributed by atoms with van der Waals surface area (Å²) < 4.78 is 0. The van der Waals surface area contributed by atoms with Crippen LogP contribution in [0.5, 0.6) is 0 Å². The molecule has 0 aromatic heterocycles. The monoisotopic (exact) mass is 265 g/mol. The molecule has 3 N–H and O–H groups in total. The molecule has 0 aliphatic heterocycles. The SMILES string of the molecule is CCCC(N)C(=O)NCCCC(=O)N(C)C.Cl. The van der Waals surface area contributed by atoms with Crippen molar-refractivity contribution in [3.8, 4) is 0 Å². The summed E-state index contributed by atoms with van der Waals surface area (Å²) in [4.78, 5) is 24.1. The van der Waals surface area contributed by atoms with E-state index in [1.165, 1.54) is 0 Å². The molecule has 0 rings (SSSR count). The van der Waals surface area contributed by atoms with E-state index in [0.29, 0.717) is 25.8 Å². The van der Waals surface area contributed by atoms with Gasteiger partial charge in [-0.05, 0) is 12.8 Å². The van der Waals surface area contributed by atoms with Gasteiger partial charge in [0.25, 0.3) is 0 Å². The number of hydrogen-bond acceptors (Lipinski definition) is 3. The van der Waals surface area contributed by atoms with Crippen molar-refractivity contribution >= 4 is 24.2 Å². The topological polar surface area (TPSA) is 75.4 Å². The van der Waals surface area contributed by atoms with Crippen molar-refractivity contribution in [2.24, 2.45) is 5.73 Å². The molecule has 102 valence electrons. The van der Waals surface area contributed by atoms with E-state index in [2.05, 4.69) is 5.32 Å². The van der Waals surface area contributed by atoms with Crippen LogP contribution in [0, 0.1) is 0 Å². The van der Waals surface area contributed by atoms with Crippen LogP contribution in [0.25, 0.3) is 0 Å². The van der Waals surface area contributed by atoms with Crippen LogP contribution in [-0.2, 0) is 9.59 Å². The predicted molar refractivity (Wildman–Crippen MR) is 71.1 cm³/mol. The Morgan fingerprint density at radius 2 is 1.94 bits per heavy atom. The van der Waals surface area contributed by atoms with E-state index < -0.39 is 6.04 Å². The van der Waals surface area contributed by atoms with Crippen molar-refractivity contribution < 1.29 is 9.59 Å². The average molecular weight is 266 g/mol. The Balaban J connectivity index is 0. The highest BCUT2D eigenvalue weighted by molar-refractivity contribution is 5.85. The lowest BCUT2D eigenvalue weighted by Gasteiger charge is -2.12. The maximum Gasteiger partial charge on any atom is 0.236 e. The van der Waals surface area contributed by atoms with Crippen LogP contribution in [0.15, 0.2) is 0 Å². The molecule has 0 fully saturated rings. The number of carbonyl (C=O) groups is 2. The molecule has 0 saturated carbocycles. The van der Waals surface area contributed by atoms with Gasteiger partial charge in [-0.1, -0.05) is 13.3 Å². The first-order chi connectivity index (χ1) is 7.49. The summed E-state index contributed by atoms with van der Waals surface area (Å²) in [6.45, 7) is 2.50. The second-order valence-corrected chi connectivity index (χ2v) is 4.08. The molecule has 0 heterocycles. The van der Waals surface area contributed by atoms with Crippen LogP contribution in [-0.4, -0.2) is 43.4 Å². The first kappa shape index (κ1) is 18.6. The lowest BCUT2D eigenvalue weighted by atomic mass is 10.1. The van der Waals surface area contributed by atoms with Crippen LogP contribution in [0.3, 0.4) is 0 Å². The third kappa shape index (κ3) is 8.94. The van der Waals surface area contributed by atoms with E-state index in [9.17, 15) is 9.59 Å². The van der Waals surface area contributed by atoms with Crippen LogP contribution >= 0.6 is 12.4 Å². The second-order valence-electron chi connectivity index (χ2n) is 4.08. The van der Waals surface area contributed by atoms with Gasteiger partial charge in [-0.3, -0.25) is 9.59 Å². The number of hydrogen-bond donors (Lipinski definition) is 2. The molecule has 0 radical (unpaired) electrons. The minimum Gasteiger partial charge on any atom is -0.355 e. The second kappa shape index (κ2) is 10.4. The summed E-state index contributed by atoms with van der Waals surface area (Å²) in [7, 11) is 3.44. The van der Waals surface area contributed by atoms with Gasteiger partial charge in [0.15, 0.2) is 0 Å². The Kier molecular flexibility index (Phi) is 11.3. The molecular formula is C11H24ClN3O2.